The molecule has 0 amide bonds. The molecule has 3 nitrogen and oxygen atoms in total. The summed E-state index contributed by atoms with van der Waals surface area (Å²) in [5, 5.41) is 13.1. The molecule has 5 heteroatoms. The summed E-state index contributed by atoms with van der Waals surface area (Å²) in [7, 11) is 1.58. The van der Waals surface area contributed by atoms with Crippen molar-refractivity contribution in [3.63, 3.8) is 0 Å². The first-order valence-electron chi connectivity index (χ1n) is 5.86. The number of anilines is 2. The monoisotopic (exact) mass is 306 g/mol. The average molecular weight is 307 g/mol. The van der Waals surface area contributed by atoms with Crippen LogP contribution in [0.4, 0.5) is 11.4 Å². The number of nitriles is 1. The molecular weight excluding hydrogens is 295 g/mol. The summed E-state index contributed by atoms with van der Waals surface area (Å²) in [6.45, 7) is 1.91. The Morgan fingerprint density at radius 2 is 1.85 bits per heavy atom. The van der Waals surface area contributed by atoms with Crippen LogP contribution in [0.5, 0.6) is 5.75 Å². The number of methoxy groups -OCH3 is 1. The van der Waals surface area contributed by atoms with Crippen molar-refractivity contribution in [2.45, 2.75) is 6.92 Å². The molecule has 0 radical (unpaired) electrons. The largest absolute Gasteiger partial charge is 0.495 e. The lowest BCUT2D eigenvalue weighted by molar-refractivity contribution is 0.417. The second-order valence-electron chi connectivity index (χ2n) is 4.23. The van der Waals surface area contributed by atoms with Gasteiger partial charge in [-0.25, -0.2) is 0 Å². The number of aryl methyl sites for hydroxylation is 1. The van der Waals surface area contributed by atoms with Crippen LogP contribution in [0, 0.1) is 18.3 Å². The van der Waals surface area contributed by atoms with Crippen molar-refractivity contribution in [2.24, 2.45) is 0 Å². The quantitative estimate of drug-likeness (QED) is 0.875. The Balaban J connectivity index is 2.40. The van der Waals surface area contributed by atoms with Gasteiger partial charge in [0.05, 0.1) is 35.1 Å². The summed E-state index contributed by atoms with van der Waals surface area (Å²) in [6.07, 6.45) is 0. The number of hydrogen-bond donors (Lipinski definition) is 1. The lowest BCUT2D eigenvalue weighted by Gasteiger charge is -2.14. The van der Waals surface area contributed by atoms with Crippen molar-refractivity contribution >= 4 is 34.6 Å². The van der Waals surface area contributed by atoms with Crippen molar-refractivity contribution in [2.75, 3.05) is 12.4 Å². The molecule has 20 heavy (non-hydrogen) atoms. The van der Waals surface area contributed by atoms with Crippen LogP contribution in [0.1, 0.15) is 11.1 Å². The average Bonchev–Trinajstić information content (AvgIpc) is 2.44. The predicted molar refractivity (Wildman–Crippen MR) is 82.2 cm³/mol. The maximum absolute atomic E-state index is 8.83. The van der Waals surface area contributed by atoms with Gasteiger partial charge in [0, 0.05) is 11.1 Å². The van der Waals surface area contributed by atoms with Crippen LogP contribution in [-0.4, -0.2) is 7.11 Å². The van der Waals surface area contributed by atoms with Gasteiger partial charge in [0.2, 0.25) is 0 Å². The molecule has 0 aliphatic rings. The zero-order valence-corrected chi connectivity index (χ0v) is 12.5. The van der Waals surface area contributed by atoms with Gasteiger partial charge in [-0.3, -0.25) is 0 Å². The molecule has 2 rings (SSSR count). The Labute approximate surface area is 127 Å². The van der Waals surface area contributed by atoms with E-state index in [0.29, 0.717) is 27.0 Å². The standard InChI is InChI=1S/C15H12Cl2N2O/c1-9-5-14(15(20-2)7-11(9)16)19-13-4-3-10(8-18)6-12(13)17/h3-7,19H,1-2H3. The van der Waals surface area contributed by atoms with Gasteiger partial charge in [0.25, 0.3) is 0 Å². The molecule has 0 atom stereocenters. The third kappa shape index (κ3) is 2.98. The highest BCUT2D eigenvalue weighted by atomic mass is 35.5. The molecule has 0 saturated heterocycles. The van der Waals surface area contributed by atoms with E-state index >= 15 is 0 Å². The second kappa shape index (κ2) is 6.04. The zero-order valence-electron chi connectivity index (χ0n) is 11.0. The Bertz CT molecular complexity index is 693. The molecule has 0 unspecified atom stereocenters. The number of hydrogen-bond acceptors (Lipinski definition) is 3. The van der Waals surface area contributed by atoms with Crippen molar-refractivity contribution < 1.29 is 4.74 Å². The van der Waals surface area contributed by atoms with Gasteiger partial charge < -0.3 is 10.1 Å². The van der Waals surface area contributed by atoms with Gasteiger partial charge >= 0.3 is 0 Å². The molecule has 0 fully saturated rings. The van der Waals surface area contributed by atoms with E-state index in [-0.39, 0.29) is 0 Å². The molecule has 102 valence electrons. The maximum Gasteiger partial charge on any atom is 0.143 e. The van der Waals surface area contributed by atoms with Gasteiger partial charge in [-0.2, -0.15) is 5.26 Å². The molecule has 1 N–H and O–H groups in total. The van der Waals surface area contributed by atoms with Gasteiger partial charge in [0.15, 0.2) is 0 Å². The molecule has 0 bridgehead atoms. The number of rotatable bonds is 3. The molecule has 0 heterocycles. The van der Waals surface area contributed by atoms with Crippen LogP contribution in [0.3, 0.4) is 0 Å². The first-order valence-corrected chi connectivity index (χ1v) is 6.61. The van der Waals surface area contributed by atoms with Crippen molar-refractivity contribution in [3.8, 4) is 11.8 Å². The fourth-order valence-corrected chi connectivity index (χ4v) is 2.14. The minimum absolute atomic E-state index is 0.471. The Morgan fingerprint density at radius 3 is 2.45 bits per heavy atom. The summed E-state index contributed by atoms with van der Waals surface area (Å²) in [5.41, 5.74) is 2.91. The van der Waals surface area contributed by atoms with Gasteiger partial charge in [-0.15, -0.1) is 0 Å². The first kappa shape index (κ1) is 14.5. The van der Waals surface area contributed by atoms with E-state index in [4.69, 9.17) is 33.2 Å². The SMILES string of the molecule is COc1cc(Cl)c(C)cc1Nc1ccc(C#N)cc1Cl. The van der Waals surface area contributed by atoms with E-state index in [9.17, 15) is 0 Å². The van der Waals surface area contributed by atoms with Crippen LogP contribution in [0.2, 0.25) is 10.0 Å². The molecular formula is C15H12Cl2N2O. The molecule has 0 spiro atoms. The lowest BCUT2D eigenvalue weighted by atomic mass is 10.1. The smallest absolute Gasteiger partial charge is 0.143 e. The van der Waals surface area contributed by atoms with Gasteiger partial charge in [-0.05, 0) is 36.8 Å². The third-order valence-corrected chi connectivity index (χ3v) is 3.57. The Hall–Kier alpha value is -1.89. The minimum atomic E-state index is 0.471. The number of halogens is 2. The van der Waals surface area contributed by atoms with Crippen LogP contribution < -0.4 is 10.1 Å². The fraction of sp³-hybridized carbons (Fsp3) is 0.133. The van der Waals surface area contributed by atoms with E-state index in [1.54, 1.807) is 31.4 Å². The molecule has 2 aromatic rings. The highest BCUT2D eigenvalue weighted by Crippen LogP contribution is 2.35. The highest BCUT2D eigenvalue weighted by molar-refractivity contribution is 6.33. The van der Waals surface area contributed by atoms with E-state index in [0.717, 1.165) is 11.3 Å². The number of nitrogens with one attached hydrogen (secondary N) is 1. The van der Waals surface area contributed by atoms with Crippen LogP contribution in [-0.2, 0) is 0 Å². The molecule has 0 aliphatic heterocycles. The van der Waals surface area contributed by atoms with Crippen LogP contribution >= 0.6 is 23.2 Å². The van der Waals surface area contributed by atoms with Crippen molar-refractivity contribution in [1.29, 1.82) is 5.26 Å². The molecule has 0 saturated carbocycles. The number of nitrogens with zero attached hydrogens (tertiary/aromatic N) is 1. The van der Waals surface area contributed by atoms with Gasteiger partial charge in [-0.1, -0.05) is 23.2 Å². The second-order valence-corrected chi connectivity index (χ2v) is 5.05. The van der Waals surface area contributed by atoms with Crippen LogP contribution in [0.15, 0.2) is 30.3 Å². The molecule has 0 aromatic heterocycles. The van der Waals surface area contributed by atoms with E-state index < -0.39 is 0 Å². The summed E-state index contributed by atoms with van der Waals surface area (Å²) in [6, 6.07) is 10.7. The maximum atomic E-state index is 8.83. The zero-order chi connectivity index (χ0) is 14.7. The van der Waals surface area contributed by atoms with Crippen LogP contribution in [0.25, 0.3) is 0 Å². The van der Waals surface area contributed by atoms with E-state index in [1.165, 1.54) is 0 Å². The van der Waals surface area contributed by atoms with E-state index in [1.807, 2.05) is 19.1 Å². The third-order valence-electron chi connectivity index (χ3n) is 2.85. The summed E-state index contributed by atoms with van der Waals surface area (Å²) in [5.74, 6) is 0.626. The summed E-state index contributed by atoms with van der Waals surface area (Å²) >= 11 is 12.2. The van der Waals surface area contributed by atoms with Gasteiger partial charge in [0.1, 0.15) is 5.75 Å². The molecule has 2 aromatic carbocycles. The summed E-state index contributed by atoms with van der Waals surface area (Å²) < 4.78 is 5.30. The predicted octanol–water partition coefficient (Wildman–Crippen LogP) is 4.93. The van der Waals surface area contributed by atoms with Crippen molar-refractivity contribution in [1.82, 2.24) is 0 Å². The first-order chi connectivity index (χ1) is 9.55. The lowest BCUT2D eigenvalue weighted by Crippen LogP contribution is -1.96. The number of benzene rings is 2. The normalized spacial score (nSPS) is 9.95. The molecule has 0 aliphatic carbocycles. The Morgan fingerprint density at radius 1 is 1.10 bits per heavy atom. The topological polar surface area (TPSA) is 45.0 Å². The summed E-state index contributed by atoms with van der Waals surface area (Å²) in [4.78, 5) is 0. The Kier molecular flexibility index (Phi) is 4.39. The fourth-order valence-electron chi connectivity index (χ4n) is 1.76. The van der Waals surface area contributed by atoms with Crippen molar-refractivity contribution in [3.05, 3.63) is 51.5 Å². The number of ether oxygens (including phenoxy) is 1. The minimum Gasteiger partial charge on any atom is -0.495 e. The van der Waals surface area contributed by atoms with E-state index in [2.05, 4.69) is 5.32 Å². The highest BCUT2D eigenvalue weighted by Gasteiger charge is 2.09.